The number of hydrogen-bond donors (Lipinski definition) is 0. The minimum atomic E-state index is 0.183. The number of rotatable bonds is 10. The van der Waals surface area contributed by atoms with Crippen LogP contribution in [0.5, 0.6) is 11.5 Å². The first-order chi connectivity index (χ1) is 16.2. The summed E-state index contributed by atoms with van der Waals surface area (Å²) in [7, 11) is 3.27. The second kappa shape index (κ2) is 11.3. The predicted octanol–water partition coefficient (Wildman–Crippen LogP) is 7.34. The van der Waals surface area contributed by atoms with Gasteiger partial charge < -0.3 is 18.9 Å². The van der Waals surface area contributed by atoms with Gasteiger partial charge in [0.15, 0.2) is 13.6 Å². The van der Waals surface area contributed by atoms with Crippen molar-refractivity contribution < 1.29 is 18.9 Å². The summed E-state index contributed by atoms with van der Waals surface area (Å²) in [6, 6.07) is 21.2. The summed E-state index contributed by atoms with van der Waals surface area (Å²) in [5.41, 5.74) is 4.39. The van der Waals surface area contributed by atoms with E-state index in [1.807, 2.05) is 0 Å². The molecule has 0 saturated heterocycles. The normalized spacial score (nSPS) is 11.3. The van der Waals surface area contributed by atoms with E-state index in [9.17, 15) is 0 Å². The molecule has 0 spiro atoms. The van der Waals surface area contributed by atoms with Gasteiger partial charge in [-0.05, 0) is 44.8 Å². The van der Waals surface area contributed by atoms with Gasteiger partial charge in [0, 0.05) is 42.4 Å². The van der Waals surface area contributed by atoms with Crippen molar-refractivity contribution in [1.82, 2.24) is 0 Å². The van der Waals surface area contributed by atoms with E-state index in [1.54, 1.807) is 14.2 Å². The number of fused-ring (bicyclic) bond motifs is 2. The summed E-state index contributed by atoms with van der Waals surface area (Å²) in [6.45, 7) is 0.367. The fourth-order valence-corrected chi connectivity index (χ4v) is 5.38. The smallest absolute Gasteiger partial charge is 0.188 e. The Hall–Kier alpha value is -2.12. The zero-order chi connectivity index (χ0) is 23.2. The fourth-order valence-electron chi connectivity index (χ4n) is 4.26. The molecule has 0 amide bonds. The molecule has 0 radical (unpaired) electrons. The molecule has 0 N–H and O–H groups in total. The first-order valence-corrected chi connectivity index (χ1v) is 12.9. The van der Waals surface area contributed by atoms with E-state index in [1.165, 1.54) is 21.5 Å². The van der Waals surface area contributed by atoms with E-state index in [-0.39, 0.29) is 13.6 Å². The van der Waals surface area contributed by atoms with Crippen molar-refractivity contribution in [2.75, 3.05) is 27.8 Å². The molecule has 0 aliphatic heterocycles. The molecule has 33 heavy (non-hydrogen) atoms. The molecule has 4 rings (SSSR count). The maximum atomic E-state index is 6.13. The third-order valence-corrected chi connectivity index (χ3v) is 6.77. The molecule has 0 fully saturated rings. The van der Waals surface area contributed by atoms with Gasteiger partial charge in [0.1, 0.15) is 11.5 Å². The maximum absolute atomic E-state index is 6.13. The minimum absolute atomic E-state index is 0.183. The second-order valence-electron chi connectivity index (χ2n) is 7.67. The van der Waals surface area contributed by atoms with Crippen molar-refractivity contribution in [2.45, 2.75) is 17.1 Å². The van der Waals surface area contributed by atoms with Gasteiger partial charge in [-0.15, -0.1) is 0 Å². The van der Waals surface area contributed by atoms with Crippen molar-refractivity contribution >= 4 is 53.4 Å². The molecule has 4 nitrogen and oxygen atoms in total. The maximum Gasteiger partial charge on any atom is 0.188 e. The molecule has 0 aliphatic rings. The summed E-state index contributed by atoms with van der Waals surface area (Å²) in [4.78, 5) is 0. The molecule has 0 atom stereocenters. The molecule has 0 saturated carbocycles. The van der Waals surface area contributed by atoms with Crippen molar-refractivity contribution in [1.29, 1.82) is 0 Å². The van der Waals surface area contributed by atoms with Crippen molar-refractivity contribution in [2.24, 2.45) is 0 Å². The predicted molar refractivity (Wildman–Crippen MR) is 141 cm³/mol. The number of alkyl halides is 2. The van der Waals surface area contributed by atoms with E-state index in [4.69, 9.17) is 18.9 Å². The van der Waals surface area contributed by atoms with Gasteiger partial charge >= 0.3 is 0 Å². The first-order valence-electron chi connectivity index (χ1n) is 10.6. The standard InChI is InChI=1S/C27H26Br2O4/c1-30-16-32-26-20(11-18-7-3-5-9-22(18)24(26)14-28)13-21-12-19-8-4-6-10-23(19)25(15-29)27(21)33-17-31-2/h3-12H,13-17H2,1-2H3. The highest BCUT2D eigenvalue weighted by Gasteiger charge is 2.19. The average molecular weight is 574 g/mol. The lowest BCUT2D eigenvalue weighted by molar-refractivity contribution is 0.0494. The monoisotopic (exact) mass is 572 g/mol. The molecule has 0 aromatic heterocycles. The van der Waals surface area contributed by atoms with E-state index in [0.29, 0.717) is 17.1 Å². The highest BCUT2D eigenvalue weighted by molar-refractivity contribution is 9.08. The fraction of sp³-hybridized carbons (Fsp3) is 0.259. The zero-order valence-corrected chi connectivity index (χ0v) is 21.9. The van der Waals surface area contributed by atoms with Gasteiger partial charge in [-0.2, -0.15) is 0 Å². The Morgan fingerprint density at radius 1 is 0.636 bits per heavy atom. The third-order valence-electron chi connectivity index (χ3n) is 5.65. The van der Waals surface area contributed by atoms with Crippen LogP contribution in [-0.4, -0.2) is 27.8 Å². The van der Waals surface area contributed by atoms with Crippen LogP contribution in [0.3, 0.4) is 0 Å². The van der Waals surface area contributed by atoms with Crippen LogP contribution in [-0.2, 0) is 26.6 Å². The average Bonchev–Trinajstić information content (AvgIpc) is 2.85. The zero-order valence-electron chi connectivity index (χ0n) is 18.7. The Kier molecular flexibility index (Phi) is 8.25. The van der Waals surface area contributed by atoms with Crippen LogP contribution in [0, 0.1) is 0 Å². The van der Waals surface area contributed by atoms with Crippen molar-refractivity contribution in [3.63, 3.8) is 0 Å². The van der Waals surface area contributed by atoms with Crippen LogP contribution in [0.1, 0.15) is 22.3 Å². The van der Waals surface area contributed by atoms with Gasteiger partial charge in [-0.3, -0.25) is 0 Å². The Morgan fingerprint density at radius 2 is 1.06 bits per heavy atom. The van der Waals surface area contributed by atoms with Gasteiger partial charge in [0.2, 0.25) is 0 Å². The molecule has 0 heterocycles. The summed E-state index contributed by atoms with van der Waals surface area (Å²) < 4.78 is 22.8. The van der Waals surface area contributed by atoms with E-state index < -0.39 is 0 Å². The van der Waals surface area contributed by atoms with E-state index >= 15 is 0 Å². The molecule has 6 heteroatoms. The lowest BCUT2D eigenvalue weighted by Gasteiger charge is -2.20. The lowest BCUT2D eigenvalue weighted by Crippen LogP contribution is -2.08. The van der Waals surface area contributed by atoms with Crippen molar-refractivity contribution in [3.8, 4) is 11.5 Å². The summed E-state index contributed by atoms with van der Waals surface area (Å²) >= 11 is 7.35. The topological polar surface area (TPSA) is 36.9 Å². The van der Waals surface area contributed by atoms with Crippen LogP contribution in [0.15, 0.2) is 60.7 Å². The summed E-state index contributed by atoms with van der Waals surface area (Å²) in [5.74, 6) is 1.69. The second-order valence-corrected chi connectivity index (χ2v) is 8.80. The number of hydrogen-bond acceptors (Lipinski definition) is 4. The van der Waals surface area contributed by atoms with Crippen LogP contribution in [0.25, 0.3) is 21.5 Å². The Labute approximate surface area is 211 Å². The molecule has 0 bridgehead atoms. The van der Waals surface area contributed by atoms with Gasteiger partial charge in [-0.1, -0.05) is 80.4 Å². The Balaban J connectivity index is 1.92. The first kappa shape index (κ1) is 24.0. The van der Waals surface area contributed by atoms with E-state index in [2.05, 4.69) is 92.5 Å². The molecule has 0 aliphatic carbocycles. The third kappa shape index (κ3) is 5.04. The van der Waals surface area contributed by atoms with Crippen molar-refractivity contribution in [3.05, 3.63) is 82.9 Å². The molecular weight excluding hydrogens is 548 g/mol. The quantitative estimate of drug-likeness (QED) is 0.147. The molecular formula is C27H26Br2O4. The number of halogens is 2. The summed E-state index contributed by atoms with van der Waals surface area (Å²) in [5, 5.41) is 6.04. The van der Waals surface area contributed by atoms with E-state index in [0.717, 1.165) is 33.8 Å². The Morgan fingerprint density at radius 3 is 1.45 bits per heavy atom. The van der Waals surface area contributed by atoms with Crippen LogP contribution in [0.4, 0.5) is 0 Å². The number of methoxy groups -OCH3 is 2. The lowest BCUT2D eigenvalue weighted by atomic mass is 9.93. The SMILES string of the molecule is COCOc1c(Cc2cc3ccccc3c(CBr)c2OCOC)cc2ccccc2c1CBr. The molecule has 4 aromatic rings. The largest absolute Gasteiger partial charge is 0.467 e. The highest BCUT2D eigenvalue weighted by atomic mass is 79.9. The van der Waals surface area contributed by atoms with Gasteiger partial charge in [0.05, 0.1) is 0 Å². The number of ether oxygens (including phenoxy) is 4. The minimum Gasteiger partial charge on any atom is -0.467 e. The van der Waals surface area contributed by atoms with Crippen LogP contribution in [0.2, 0.25) is 0 Å². The van der Waals surface area contributed by atoms with Crippen LogP contribution >= 0.6 is 31.9 Å². The molecule has 0 unspecified atom stereocenters. The van der Waals surface area contributed by atoms with Gasteiger partial charge in [-0.25, -0.2) is 0 Å². The molecule has 172 valence electrons. The summed E-state index contributed by atoms with van der Waals surface area (Å²) in [6.07, 6.45) is 0.647. The number of benzene rings is 4. The highest BCUT2D eigenvalue weighted by Crippen LogP contribution is 2.39. The Bertz CT molecular complexity index is 1160. The van der Waals surface area contributed by atoms with Crippen LogP contribution < -0.4 is 9.47 Å². The molecule has 4 aromatic carbocycles. The van der Waals surface area contributed by atoms with Gasteiger partial charge in [0.25, 0.3) is 0 Å².